The number of hydrogen-bond acceptors (Lipinski definition) is 4. The maximum Gasteiger partial charge on any atom is 0.231 e. The van der Waals surface area contributed by atoms with E-state index in [1.54, 1.807) is 24.5 Å². The van der Waals surface area contributed by atoms with E-state index in [4.69, 9.17) is 4.74 Å². The monoisotopic (exact) mass is 289 g/mol. The summed E-state index contributed by atoms with van der Waals surface area (Å²) in [5.41, 5.74) is 1.27. The topological polar surface area (TPSA) is 59.4 Å². The molecule has 4 rings (SSSR count). The smallest absolute Gasteiger partial charge is 0.231 e. The summed E-state index contributed by atoms with van der Waals surface area (Å²) in [5.74, 6) is 0.491. The summed E-state index contributed by atoms with van der Waals surface area (Å²) < 4.78 is 5.58. The Morgan fingerprint density at radius 2 is 1.95 bits per heavy atom. The van der Waals surface area contributed by atoms with Gasteiger partial charge in [0.15, 0.2) is 5.76 Å². The van der Waals surface area contributed by atoms with Gasteiger partial charge >= 0.3 is 0 Å². The Kier molecular flexibility index (Phi) is 2.69. The van der Waals surface area contributed by atoms with E-state index >= 15 is 0 Å². The first-order valence-electron chi connectivity index (χ1n) is 6.82. The lowest BCUT2D eigenvalue weighted by Gasteiger charge is -2.02. The highest BCUT2D eigenvalue weighted by atomic mass is 16.5. The molecule has 0 aliphatic carbocycles. The zero-order valence-electron chi connectivity index (χ0n) is 11.5. The summed E-state index contributed by atoms with van der Waals surface area (Å²) >= 11 is 0. The fourth-order valence-corrected chi connectivity index (χ4v) is 2.57. The average molecular weight is 289 g/mol. The molecule has 0 amide bonds. The van der Waals surface area contributed by atoms with Crippen molar-refractivity contribution in [3.05, 3.63) is 71.7 Å². The highest BCUT2D eigenvalue weighted by molar-refractivity contribution is 6.15. The summed E-state index contributed by atoms with van der Waals surface area (Å²) in [6.45, 7) is 0. The van der Waals surface area contributed by atoms with Crippen LogP contribution in [0.15, 0.2) is 60.6 Å². The van der Waals surface area contributed by atoms with Crippen molar-refractivity contribution >= 4 is 22.6 Å². The van der Waals surface area contributed by atoms with Crippen LogP contribution in [0.2, 0.25) is 0 Å². The van der Waals surface area contributed by atoms with Gasteiger partial charge < -0.3 is 9.84 Å². The highest BCUT2D eigenvalue weighted by Crippen LogP contribution is 2.34. The summed E-state index contributed by atoms with van der Waals surface area (Å²) in [7, 11) is 0. The Morgan fingerprint density at radius 3 is 2.86 bits per heavy atom. The van der Waals surface area contributed by atoms with Crippen LogP contribution in [0.1, 0.15) is 15.9 Å². The van der Waals surface area contributed by atoms with Gasteiger partial charge in [-0.05, 0) is 23.6 Å². The maximum atomic E-state index is 12.4. The summed E-state index contributed by atoms with van der Waals surface area (Å²) in [5, 5.41) is 11.5. The minimum atomic E-state index is -0.192. The average Bonchev–Trinajstić information content (AvgIpc) is 2.83. The van der Waals surface area contributed by atoms with Crippen LogP contribution in [0.5, 0.6) is 11.5 Å². The van der Waals surface area contributed by atoms with E-state index in [0.29, 0.717) is 11.3 Å². The number of phenolic OH excluding ortho intramolecular Hbond substituents is 1. The van der Waals surface area contributed by atoms with E-state index in [0.717, 1.165) is 16.3 Å². The molecule has 106 valence electrons. The standard InChI is InChI=1S/C18H11NO3/c20-13-5-6-15-16(8-13)22-17(18(15)21)7-12-10-19-9-11-3-1-2-4-14(11)12/h1-10,20H/b17-7-. The van der Waals surface area contributed by atoms with Crippen LogP contribution in [0, 0.1) is 0 Å². The number of carbonyl (C=O) groups is 1. The number of aromatic nitrogens is 1. The van der Waals surface area contributed by atoms with Crippen LogP contribution in [-0.2, 0) is 0 Å². The Bertz CT molecular complexity index is 939. The number of allylic oxidation sites excluding steroid dienone is 1. The van der Waals surface area contributed by atoms with E-state index < -0.39 is 0 Å². The largest absolute Gasteiger partial charge is 0.508 e. The van der Waals surface area contributed by atoms with Gasteiger partial charge in [-0.15, -0.1) is 0 Å². The van der Waals surface area contributed by atoms with Crippen molar-refractivity contribution < 1.29 is 14.6 Å². The van der Waals surface area contributed by atoms with E-state index in [1.165, 1.54) is 12.1 Å². The lowest BCUT2D eigenvalue weighted by atomic mass is 10.1. The number of benzene rings is 2. The molecule has 0 unspecified atom stereocenters. The zero-order chi connectivity index (χ0) is 15.1. The molecule has 4 nitrogen and oxygen atoms in total. The van der Waals surface area contributed by atoms with Crippen molar-refractivity contribution in [2.45, 2.75) is 0 Å². The predicted octanol–water partition coefficient (Wildman–Crippen LogP) is 3.56. The van der Waals surface area contributed by atoms with E-state index in [9.17, 15) is 9.90 Å². The molecule has 0 fully saturated rings. The number of fused-ring (bicyclic) bond motifs is 2. The number of phenols is 1. The third-order valence-corrected chi connectivity index (χ3v) is 3.64. The minimum absolute atomic E-state index is 0.0691. The van der Waals surface area contributed by atoms with E-state index in [-0.39, 0.29) is 17.3 Å². The van der Waals surface area contributed by atoms with Crippen molar-refractivity contribution in [2.24, 2.45) is 0 Å². The predicted molar refractivity (Wildman–Crippen MR) is 82.8 cm³/mol. The minimum Gasteiger partial charge on any atom is -0.508 e. The Hall–Kier alpha value is -3.14. The first kappa shape index (κ1) is 12.6. The number of hydrogen-bond donors (Lipinski definition) is 1. The fraction of sp³-hybridized carbons (Fsp3) is 0. The molecule has 0 bridgehead atoms. The van der Waals surface area contributed by atoms with Crippen LogP contribution < -0.4 is 4.74 Å². The summed E-state index contributed by atoms with van der Waals surface area (Å²) in [6.07, 6.45) is 5.17. The Balaban J connectivity index is 1.82. The van der Waals surface area contributed by atoms with Gasteiger partial charge in [-0.3, -0.25) is 9.78 Å². The summed E-state index contributed by atoms with van der Waals surface area (Å²) in [4.78, 5) is 16.5. The lowest BCUT2D eigenvalue weighted by molar-refractivity contribution is 0.101. The third-order valence-electron chi connectivity index (χ3n) is 3.64. The number of rotatable bonds is 1. The lowest BCUT2D eigenvalue weighted by Crippen LogP contribution is -1.98. The number of pyridine rings is 1. The molecule has 22 heavy (non-hydrogen) atoms. The van der Waals surface area contributed by atoms with Crippen molar-refractivity contribution in [3.63, 3.8) is 0 Å². The van der Waals surface area contributed by atoms with Crippen LogP contribution >= 0.6 is 0 Å². The van der Waals surface area contributed by atoms with Crippen molar-refractivity contribution in [1.29, 1.82) is 0 Å². The first-order chi connectivity index (χ1) is 10.7. The van der Waals surface area contributed by atoms with Gasteiger partial charge in [0, 0.05) is 29.4 Å². The Labute approximate surface area is 126 Å². The van der Waals surface area contributed by atoms with E-state index in [2.05, 4.69) is 4.98 Å². The molecule has 3 aromatic rings. The second kappa shape index (κ2) is 4.70. The quantitative estimate of drug-likeness (QED) is 0.696. The molecule has 0 atom stereocenters. The van der Waals surface area contributed by atoms with Crippen molar-refractivity contribution in [2.75, 3.05) is 0 Å². The summed E-state index contributed by atoms with van der Waals surface area (Å²) in [6, 6.07) is 12.3. The third kappa shape index (κ3) is 1.93. The van der Waals surface area contributed by atoms with Crippen molar-refractivity contribution in [3.8, 4) is 11.5 Å². The molecule has 1 N–H and O–H groups in total. The van der Waals surface area contributed by atoms with Crippen LogP contribution in [0.25, 0.3) is 16.8 Å². The zero-order valence-corrected chi connectivity index (χ0v) is 11.5. The molecule has 2 aromatic carbocycles. The number of nitrogens with zero attached hydrogens (tertiary/aromatic N) is 1. The molecule has 0 saturated heterocycles. The van der Waals surface area contributed by atoms with Crippen LogP contribution in [-0.4, -0.2) is 15.9 Å². The van der Waals surface area contributed by atoms with Crippen LogP contribution in [0.4, 0.5) is 0 Å². The SMILES string of the molecule is O=C1/C(=C/c2cncc3ccccc23)Oc2cc(O)ccc21. The molecule has 1 aliphatic heterocycles. The number of ketones is 1. The van der Waals surface area contributed by atoms with Gasteiger partial charge in [0.2, 0.25) is 5.78 Å². The fourth-order valence-electron chi connectivity index (χ4n) is 2.57. The molecule has 2 heterocycles. The van der Waals surface area contributed by atoms with Gasteiger partial charge in [-0.2, -0.15) is 0 Å². The number of Topliss-reactive ketones (excluding diaryl/α,β-unsaturated/α-hetero) is 1. The molecular formula is C18H11NO3. The van der Waals surface area contributed by atoms with Gasteiger partial charge in [0.1, 0.15) is 11.5 Å². The first-order valence-corrected chi connectivity index (χ1v) is 6.82. The maximum absolute atomic E-state index is 12.4. The molecule has 1 aliphatic rings. The molecule has 0 radical (unpaired) electrons. The molecule has 0 spiro atoms. The van der Waals surface area contributed by atoms with Gasteiger partial charge in [-0.1, -0.05) is 24.3 Å². The van der Waals surface area contributed by atoms with Gasteiger partial charge in [0.25, 0.3) is 0 Å². The molecular weight excluding hydrogens is 278 g/mol. The number of carbonyl (C=O) groups excluding carboxylic acids is 1. The second-order valence-corrected chi connectivity index (χ2v) is 5.07. The number of ether oxygens (including phenoxy) is 1. The van der Waals surface area contributed by atoms with E-state index in [1.807, 2.05) is 24.3 Å². The second-order valence-electron chi connectivity index (χ2n) is 5.07. The number of aromatic hydroxyl groups is 1. The van der Waals surface area contributed by atoms with Gasteiger partial charge in [-0.25, -0.2) is 0 Å². The normalized spacial score (nSPS) is 15.1. The molecule has 4 heteroatoms. The molecule has 0 saturated carbocycles. The van der Waals surface area contributed by atoms with Crippen molar-refractivity contribution in [1.82, 2.24) is 4.98 Å². The Morgan fingerprint density at radius 1 is 1.09 bits per heavy atom. The van der Waals surface area contributed by atoms with Crippen LogP contribution in [0.3, 0.4) is 0 Å². The highest BCUT2D eigenvalue weighted by Gasteiger charge is 2.27. The molecule has 1 aromatic heterocycles. The van der Waals surface area contributed by atoms with Gasteiger partial charge in [0.05, 0.1) is 5.56 Å².